The molecule has 1 aliphatic heterocycles. The van der Waals surface area contributed by atoms with Gasteiger partial charge in [0.05, 0.1) is 11.6 Å². The summed E-state index contributed by atoms with van der Waals surface area (Å²) >= 11 is 0. The molecule has 1 aromatic rings. The van der Waals surface area contributed by atoms with Crippen LogP contribution in [-0.4, -0.2) is 11.5 Å². The smallest absolute Gasteiger partial charge is 0.0996 e. The molecule has 1 aromatic heterocycles. The Bertz CT molecular complexity index is 334. The van der Waals surface area contributed by atoms with Gasteiger partial charge >= 0.3 is 0 Å². The lowest BCUT2D eigenvalue weighted by Crippen LogP contribution is -2.14. The molecule has 1 N–H and O–H groups in total. The van der Waals surface area contributed by atoms with E-state index in [-0.39, 0.29) is 0 Å². The van der Waals surface area contributed by atoms with Crippen molar-refractivity contribution in [1.29, 1.82) is 5.26 Å². The monoisotopic (exact) mass is 173 g/mol. The fourth-order valence-corrected chi connectivity index (χ4v) is 1.74. The van der Waals surface area contributed by atoms with Crippen LogP contribution in [0.1, 0.15) is 30.0 Å². The zero-order valence-electron chi connectivity index (χ0n) is 7.33. The summed E-state index contributed by atoms with van der Waals surface area (Å²) < 4.78 is 0. The van der Waals surface area contributed by atoms with Gasteiger partial charge in [-0.2, -0.15) is 5.26 Å². The topological polar surface area (TPSA) is 48.7 Å². The lowest BCUT2D eigenvalue weighted by molar-refractivity contribution is 0.643. The third-order valence-electron chi connectivity index (χ3n) is 2.41. The maximum atomic E-state index is 8.87. The predicted molar refractivity (Wildman–Crippen MR) is 48.9 cm³/mol. The van der Waals surface area contributed by atoms with Crippen LogP contribution < -0.4 is 5.32 Å². The minimum absolute atomic E-state index is 0.336. The number of aromatic nitrogens is 1. The van der Waals surface area contributed by atoms with E-state index < -0.39 is 0 Å². The van der Waals surface area contributed by atoms with Crippen molar-refractivity contribution in [2.75, 3.05) is 6.54 Å². The van der Waals surface area contributed by atoms with Crippen LogP contribution in [-0.2, 0) is 0 Å². The quantitative estimate of drug-likeness (QED) is 0.698. The molecule has 0 amide bonds. The molecule has 1 atom stereocenters. The maximum Gasteiger partial charge on any atom is 0.0996 e. The zero-order chi connectivity index (χ0) is 9.10. The molecule has 66 valence electrons. The first kappa shape index (κ1) is 8.21. The molecule has 13 heavy (non-hydrogen) atoms. The van der Waals surface area contributed by atoms with E-state index in [0.29, 0.717) is 6.04 Å². The fourth-order valence-electron chi connectivity index (χ4n) is 1.74. The molecular formula is C10H11N3. The van der Waals surface area contributed by atoms with Gasteiger partial charge in [0.25, 0.3) is 0 Å². The van der Waals surface area contributed by atoms with Gasteiger partial charge in [-0.25, -0.2) is 0 Å². The summed E-state index contributed by atoms with van der Waals surface area (Å²) in [7, 11) is 0. The highest BCUT2D eigenvalue weighted by Crippen LogP contribution is 2.24. The number of pyridine rings is 1. The minimum Gasteiger partial charge on any atom is -0.310 e. The average molecular weight is 173 g/mol. The molecule has 0 unspecified atom stereocenters. The van der Waals surface area contributed by atoms with Gasteiger partial charge in [0.15, 0.2) is 0 Å². The van der Waals surface area contributed by atoms with E-state index in [4.69, 9.17) is 5.26 Å². The zero-order valence-corrected chi connectivity index (χ0v) is 7.33. The molecule has 0 aromatic carbocycles. The Kier molecular flexibility index (Phi) is 2.24. The Labute approximate surface area is 77.4 Å². The summed E-state index contributed by atoms with van der Waals surface area (Å²) in [6.45, 7) is 1.05. The second-order valence-electron chi connectivity index (χ2n) is 3.22. The number of hydrogen-bond acceptors (Lipinski definition) is 3. The molecule has 3 nitrogen and oxygen atoms in total. The molecule has 0 radical (unpaired) electrons. The van der Waals surface area contributed by atoms with Crippen LogP contribution >= 0.6 is 0 Å². The summed E-state index contributed by atoms with van der Waals surface area (Å²) in [4.78, 5) is 4.05. The van der Waals surface area contributed by atoms with Crippen molar-refractivity contribution >= 4 is 0 Å². The molecule has 1 aliphatic rings. The van der Waals surface area contributed by atoms with E-state index in [0.717, 1.165) is 24.1 Å². The van der Waals surface area contributed by atoms with Gasteiger partial charge in [0.1, 0.15) is 0 Å². The van der Waals surface area contributed by atoms with Crippen LogP contribution in [0.5, 0.6) is 0 Å². The van der Waals surface area contributed by atoms with Crippen LogP contribution in [0.2, 0.25) is 0 Å². The molecule has 3 heteroatoms. The summed E-state index contributed by atoms with van der Waals surface area (Å²) in [6, 6.07) is 4.30. The summed E-state index contributed by atoms with van der Waals surface area (Å²) in [6.07, 6.45) is 5.75. The summed E-state index contributed by atoms with van der Waals surface area (Å²) in [5, 5.41) is 12.2. The SMILES string of the molecule is N#Cc1ccncc1[C@@H]1CCCN1. The Balaban J connectivity index is 2.33. The van der Waals surface area contributed by atoms with Gasteiger partial charge in [-0.05, 0) is 25.5 Å². The van der Waals surface area contributed by atoms with Crippen molar-refractivity contribution in [3.8, 4) is 6.07 Å². The molecular weight excluding hydrogens is 162 g/mol. The number of nitrogens with one attached hydrogen (secondary N) is 1. The molecule has 0 saturated carbocycles. The number of nitrogens with zero attached hydrogens (tertiary/aromatic N) is 2. The Morgan fingerprint density at radius 3 is 3.23 bits per heavy atom. The summed E-state index contributed by atoms with van der Waals surface area (Å²) in [5.41, 5.74) is 1.79. The van der Waals surface area contributed by atoms with E-state index in [1.165, 1.54) is 6.42 Å². The molecule has 1 fully saturated rings. The van der Waals surface area contributed by atoms with Crippen molar-refractivity contribution in [2.24, 2.45) is 0 Å². The minimum atomic E-state index is 0.336. The third-order valence-corrected chi connectivity index (χ3v) is 2.41. The van der Waals surface area contributed by atoms with E-state index >= 15 is 0 Å². The van der Waals surface area contributed by atoms with Gasteiger partial charge in [0.2, 0.25) is 0 Å². The van der Waals surface area contributed by atoms with Crippen molar-refractivity contribution < 1.29 is 0 Å². The van der Waals surface area contributed by atoms with E-state index in [1.54, 1.807) is 18.5 Å². The Morgan fingerprint density at radius 1 is 1.62 bits per heavy atom. The fraction of sp³-hybridized carbons (Fsp3) is 0.400. The molecule has 2 heterocycles. The average Bonchev–Trinajstić information content (AvgIpc) is 2.70. The Morgan fingerprint density at radius 2 is 2.54 bits per heavy atom. The van der Waals surface area contributed by atoms with Crippen LogP contribution in [0.25, 0.3) is 0 Å². The predicted octanol–water partition coefficient (Wildman–Crippen LogP) is 1.38. The maximum absolute atomic E-state index is 8.87. The van der Waals surface area contributed by atoms with Crippen molar-refractivity contribution in [3.05, 3.63) is 29.6 Å². The van der Waals surface area contributed by atoms with Crippen LogP contribution in [0.3, 0.4) is 0 Å². The molecule has 1 saturated heterocycles. The first-order valence-corrected chi connectivity index (χ1v) is 4.49. The second-order valence-corrected chi connectivity index (χ2v) is 3.22. The molecule has 0 bridgehead atoms. The largest absolute Gasteiger partial charge is 0.310 e. The van der Waals surface area contributed by atoms with Gasteiger partial charge in [-0.1, -0.05) is 0 Å². The third kappa shape index (κ3) is 1.53. The highest BCUT2D eigenvalue weighted by atomic mass is 14.9. The highest BCUT2D eigenvalue weighted by molar-refractivity contribution is 5.37. The van der Waals surface area contributed by atoms with Gasteiger partial charge in [-0.3, -0.25) is 4.98 Å². The number of nitriles is 1. The lowest BCUT2D eigenvalue weighted by Gasteiger charge is -2.10. The van der Waals surface area contributed by atoms with E-state index in [9.17, 15) is 0 Å². The first-order chi connectivity index (χ1) is 6.42. The van der Waals surface area contributed by atoms with Gasteiger partial charge in [-0.15, -0.1) is 0 Å². The number of hydrogen-bond donors (Lipinski definition) is 1. The van der Waals surface area contributed by atoms with E-state index in [1.807, 2.05) is 0 Å². The van der Waals surface area contributed by atoms with Gasteiger partial charge in [0, 0.05) is 24.0 Å². The van der Waals surface area contributed by atoms with E-state index in [2.05, 4.69) is 16.4 Å². The van der Waals surface area contributed by atoms with Crippen LogP contribution in [0, 0.1) is 11.3 Å². The lowest BCUT2D eigenvalue weighted by atomic mass is 10.0. The second kappa shape index (κ2) is 3.55. The first-order valence-electron chi connectivity index (χ1n) is 4.49. The van der Waals surface area contributed by atoms with Crippen molar-refractivity contribution in [2.45, 2.75) is 18.9 Å². The Hall–Kier alpha value is -1.40. The van der Waals surface area contributed by atoms with Crippen molar-refractivity contribution in [3.63, 3.8) is 0 Å². The summed E-state index contributed by atoms with van der Waals surface area (Å²) in [5.74, 6) is 0. The van der Waals surface area contributed by atoms with Crippen molar-refractivity contribution in [1.82, 2.24) is 10.3 Å². The molecule has 0 spiro atoms. The molecule has 0 aliphatic carbocycles. The normalized spacial score (nSPS) is 21.3. The number of rotatable bonds is 1. The molecule has 2 rings (SSSR count). The standard InChI is InChI=1S/C10H11N3/c11-6-8-3-5-12-7-9(8)10-2-1-4-13-10/h3,5,7,10,13H,1-2,4H2/t10-/m0/s1. The highest BCUT2D eigenvalue weighted by Gasteiger charge is 2.18. The van der Waals surface area contributed by atoms with Crippen LogP contribution in [0.15, 0.2) is 18.5 Å². The van der Waals surface area contributed by atoms with Gasteiger partial charge < -0.3 is 5.32 Å². The van der Waals surface area contributed by atoms with Crippen LogP contribution in [0.4, 0.5) is 0 Å².